The molecule has 3 nitrogen and oxygen atoms in total. The van der Waals surface area contributed by atoms with Crippen molar-refractivity contribution in [1.29, 1.82) is 0 Å². The van der Waals surface area contributed by atoms with Gasteiger partial charge in [-0.15, -0.1) is 0 Å². The van der Waals surface area contributed by atoms with Crippen LogP contribution in [0.4, 0.5) is 0 Å². The van der Waals surface area contributed by atoms with Gasteiger partial charge in [0.1, 0.15) is 0 Å². The Morgan fingerprint density at radius 2 is 1.95 bits per heavy atom. The van der Waals surface area contributed by atoms with Crippen LogP contribution in [-0.2, 0) is 13.0 Å². The summed E-state index contributed by atoms with van der Waals surface area (Å²) in [6.07, 6.45) is 6.50. The molecule has 5 rings (SSSR count). The lowest BCUT2D eigenvalue weighted by atomic mass is 9.87. The number of nitrogens with one attached hydrogen (secondary N) is 2. The van der Waals surface area contributed by atoms with Crippen molar-refractivity contribution in [3.8, 4) is 0 Å². The SMILES string of the molecule is c1cc2c(cc1C1CCNCC1)c1c3n2CCN[C@@H]3CCC1. The highest BCUT2D eigenvalue weighted by Crippen LogP contribution is 2.40. The first-order valence-corrected chi connectivity index (χ1v) is 9.01. The number of hydrogen-bond donors (Lipinski definition) is 2. The van der Waals surface area contributed by atoms with Gasteiger partial charge in [0.25, 0.3) is 0 Å². The molecule has 0 spiro atoms. The van der Waals surface area contributed by atoms with E-state index in [9.17, 15) is 0 Å². The predicted molar refractivity (Wildman–Crippen MR) is 90.5 cm³/mol. The van der Waals surface area contributed by atoms with Crippen LogP contribution in [0.2, 0.25) is 0 Å². The first-order valence-electron chi connectivity index (χ1n) is 9.01. The highest BCUT2D eigenvalue weighted by molar-refractivity contribution is 5.87. The lowest BCUT2D eigenvalue weighted by Crippen LogP contribution is -2.35. The second-order valence-electron chi connectivity index (χ2n) is 7.22. The van der Waals surface area contributed by atoms with Crippen molar-refractivity contribution in [2.24, 2.45) is 0 Å². The van der Waals surface area contributed by atoms with E-state index < -0.39 is 0 Å². The Hall–Kier alpha value is -1.32. The van der Waals surface area contributed by atoms with E-state index >= 15 is 0 Å². The Balaban J connectivity index is 1.66. The molecule has 1 aromatic carbocycles. The average molecular weight is 295 g/mol. The molecule has 1 fully saturated rings. The van der Waals surface area contributed by atoms with Crippen molar-refractivity contribution in [2.45, 2.75) is 50.6 Å². The number of aryl methyl sites for hydroxylation is 1. The predicted octanol–water partition coefficient (Wildman–Crippen LogP) is 3.09. The molecule has 1 aliphatic carbocycles. The van der Waals surface area contributed by atoms with Crippen LogP contribution in [0.15, 0.2) is 18.2 Å². The van der Waals surface area contributed by atoms with E-state index in [1.807, 2.05) is 0 Å². The van der Waals surface area contributed by atoms with E-state index in [4.69, 9.17) is 0 Å². The van der Waals surface area contributed by atoms with Gasteiger partial charge in [0.15, 0.2) is 0 Å². The molecule has 3 heterocycles. The fourth-order valence-electron chi connectivity index (χ4n) is 4.94. The lowest BCUT2D eigenvalue weighted by Gasteiger charge is -2.31. The monoisotopic (exact) mass is 295 g/mol. The van der Waals surface area contributed by atoms with Crippen molar-refractivity contribution >= 4 is 10.9 Å². The summed E-state index contributed by atoms with van der Waals surface area (Å²) in [5.74, 6) is 0.757. The minimum absolute atomic E-state index is 0.604. The molecule has 3 heteroatoms. The summed E-state index contributed by atoms with van der Waals surface area (Å²) in [6.45, 7) is 4.60. The van der Waals surface area contributed by atoms with Crippen LogP contribution in [0.5, 0.6) is 0 Å². The van der Waals surface area contributed by atoms with Crippen LogP contribution >= 0.6 is 0 Å². The Morgan fingerprint density at radius 3 is 2.86 bits per heavy atom. The van der Waals surface area contributed by atoms with E-state index in [-0.39, 0.29) is 0 Å². The Morgan fingerprint density at radius 1 is 1.05 bits per heavy atom. The molecule has 2 aliphatic heterocycles. The fourth-order valence-corrected chi connectivity index (χ4v) is 4.94. The number of piperidine rings is 1. The van der Waals surface area contributed by atoms with Crippen molar-refractivity contribution in [2.75, 3.05) is 19.6 Å². The third-order valence-electron chi connectivity index (χ3n) is 6.02. The molecule has 1 saturated heterocycles. The molecule has 0 unspecified atom stereocenters. The van der Waals surface area contributed by atoms with Crippen molar-refractivity contribution in [3.63, 3.8) is 0 Å². The number of rotatable bonds is 1. The van der Waals surface area contributed by atoms with Gasteiger partial charge in [-0.2, -0.15) is 0 Å². The van der Waals surface area contributed by atoms with Crippen molar-refractivity contribution in [1.82, 2.24) is 15.2 Å². The molecule has 1 atom stereocenters. The van der Waals surface area contributed by atoms with E-state index in [1.54, 1.807) is 22.2 Å². The topological polar surface area (TPSA) is 29.0 Å². The fraction of sp³-hybridized carbons (Fsp3) is 0.579. The van der Waals surface area contributed by atoms with Crippen LogP contribution in [0.3, 0.4) is 0 Å². The standard InChI is InChI=1S/C19H25N3/c1-2-15-16-12-14(13-6-8-20-9-7-13)4-5-18(16)22-11-10-21-17(3-1)19(15)22/h4-5,12-13,17,20-21H,1-3,6-11H2/t17-/m1/s1. The maximum Gasteiger partial charge on any atom is 0.0486 e. The quantitative estimate of drug-likeness (QED) is 0.846. The molecule has 116 valence electrons. The van der Waals surface area contributed by atoms with Crippen LogP contribution in [-0.4, -0.2) is 24.2 Å². The van der Waals surface area contributed by atoms with Crippen molar-refractivity contribution < 1.29 is 0 Å². The molecule has 0 bridgehead atoms. The number of hydrogen-bond acceptors (Lipinski definition) is 2. The smallest absolute Gasteiger partial charge is 0.0486 e. The zero-order valence-electron chi connectivity index (χ0n) is 13.2. The normalized spacial score (nSPS) is 25.4. The van der Waals surface area contributed by atoms with E-state index in [0.717, 1.165) is 19.0 Å². The summed E-state index contributed by atoms with van der Waals surface area (Å²) in [5.41, 5.74) is 6.31. The summed E-state index contributed by atoms with van der Waals surface area (Å²) in [6, 6.07) is 7.96. The molecular formula is C19H25N3. The van der Waals surface area contributed by atoms with Crippen molar-refractivity contribution in [3.05, 3.63) is 35.0 Å². The van der Waals surface area contributed by atoms with E-state index in [0.29, 0.717) is 6.04 Å². The molecule has 2 aromatic rings. The molecule has 2 N–H and O–H groups in total. The Bertz CT molecular complexity index is 707. The number of aromatic nitrogens is 1. The zero-order valence-corrected chi connectivity index (χ0v) is 13.2. The molecule has 0 amide bonds. The van der Waals surface area contributed by atoms with Crippen LogP contribution in [0.25, 0.3) is 10.9 Å². The van der Waals surface area contributed by atoms with Gasteiger partial charge in [-0.25, -0.2) is 0 Å². The summed E-state index contributed by atoms with van der Waals surface area (Å²) in [7, 11) is 0. The Labute approximate surface area is 132 Å². The average Bonchev–Trinajstić information content (AvgIpc) is 2.92. The molecule has 0 saturated carbocycles. The van der Waals surface area contributed by atoms with Crippen LogP contribution in [0.1, 0.15) is 54.5 Å². The summed E-state index contributed by atoms with van der Waals surface area (Å²) < 4.78 is 2.61. The minimum Gasteiger partial charge on any atom is -0.342 e. The third-order valence-corrected chi connectivity index (χ3v) is 6.02. The molecule has 3 aliphatic rings. The number of nitrogens with zero attached hydrogens (tertiary/aromatic N) is 1. The van der Waals surface area contributed by atoms with Crippen LogP contribution in [0, 0.1) is 0 Å². The number of benzene rings is 1. The van der Waals surface area contributed by atoms with Gasteiger partial charge < -0.3 is 15.2 Å². The van der Waals surface area contributed by atoms with E-state index in [1.165, 1.54) is 50.7 Å². The second kappa shape index (κ2) is 5.10. The van der Waals surface area contributed by atoms with Gasteiger partial charge in [-0.05, 0) is 74.4 Å². The maximum absolute atomic E-state index is 3.73. The van der Waals surface area contributed by atoms with Gasteiger partial charge in [0.2, 0.25) is 0 Å². The second-order valence-corrected chi connectivity index (χ2v) is 7.22. The minimum atomic E-state index is 0.604. The summed E-state index contributed by atoms with van der Waals surface area (Å²) >= 11 is 0. The van der Waals surface area contributed by atoms with E-state index in [2.05, 4.69) is 33.4 Å². The highest BCUT2D eigenvalue weighted by Gasteiger charge is 2.30. The van der Waals surface area contributed by atoms with Gasteiger partial charge in [0.05, 0.1) is 0 Å². The van der Waals surface area contributed by atoms with Gasteiger partial charge >= 0.3 is 0 Å². The molecule has 0 radical (unpaired) electrons. The molecular weight excluding hydrogens is 270 g/mol. The first-order chi connectivity index (χ1) is 10.9. The van der Waals surface area contributed by atoms with Gasteiger partial charge in [0, 0.05) is 35.7 Å². The highest BCUT2D eigenvalue weighted by atomic mass is 15.1. The van der Waals surface area contributed by atoms with Gasteiger partial charge in [-0.1, -0.05) is 6.07 Å². The van der Waals surface area contributed by atoms with Gasteiger partial charge in [-0.3, -0.25) is 0 Å². The number of fused-ring (bicyclic) bond motifs is 3. The molecule has 22 heavy (non-hydrogen) atoms. The van der Waals surface area contributed by atoms with Crippen LogP contribution < -0.4 is 10.6 Å². The zero-order chi connectivity index (χ0) is 14.5. The summed E-state index contributed by atoms with van der Waals surface area (Å²) in [4.78, 5) is 0. The third kappa shape index (κ3) is 1.88. The largest absolute Gasteiger partial charge is 0.342 e. The first kappa shape index (κ1) is 13.1. The Kier molecular flexibility index (Phi) is 3.05. The molecule has 1 aromatic heterocycles. The lowest BCUT2D eigenvalue weighted by molar-refractivity contribution is 0.384. The summed E-state index contributed by atoms with van der Waals surface area (Å²) in [5, 5.41) is 8.77. The maximum atomic E-state index is 3.73.